The first-order valence-electron chi connectivity index (χ1n) is 28.4. The zero-order valence-electron chi connectivity index (χ0n) is 46.5. The van der Waals surface area contributed by atoms with Crippen LogP contribution < -0.4 is 41.5 Å². The lowest BCUT2D eigenvalue weighted by Crippen LogP contribution is -2.74. The molecule has 0 bridgehead atoms. The summed E-state index contributed by atoms with van der Waals surface area (Å²) in [5.41, 5.74) is 7.26. The molecule has 4 heteroatoms. The number of benzene rings is 12. The van der Waals surface area contributed by atoms with E-state index in [1.807, 2.05) is 12.1 Å². The smallest absolute Gasteiger partial charge is 0.179 e. The fraction of sp³-hybridized carbons (Fsp3) is 0. The first kappa shape index (κ1) is 40.1. The van der Waals surface area contributed by atoms with E-state index in [0.29, 0.717) is 5.56 Å². The number of hydrogen-bond acceptors (Lipinski definition) is 0. The van der Waals surface area contributed by atoms with Gasteiger partial charge in [0.05, 0.1) is 28.9 Å². The zero-order chi connectivity index (χ0) is 54.8. The second-order valence-electron chi connectivity index (χ2n) is 19.6. The second-order valence-corrected chi connectivity index (χ2v) is 27.2. The molecule has 0 aliphatic rings. The van der Waals surface area contributed by atoms with Crippen molar-refractivity contribution in [2.75, 3.05) is 0 Å². The molecule has 0 N–H and O–H groups in total. The van der Waals surface area contributed by atoms with Gasteiger partial charge < -0.3 is 9.13 Å². The molecule has 2 aromatic heterocycles. The van der Waals surface area contributed by atoms with Crippen molar-refractivity contribution in [1.29, 1.82) is 0 Å². The van der Waals surface area contributed by atoms with Crippen molar-refractivity contribution in [2.24, 2.45) is 0 Å². The monoisotopic (exact) mass is 1010 g/mol. The van der Waals surface area contributed by atoms with Gasteiger partial charge in [0.1, 0.15) is 0 Å². The summed E-state index contributed by atoms with van der Waals surface area (Å²) in [7, 11) is -6.35. The first-order valence-corrected chi connectivity index (χ1v) is 29.9. The Morgan fingerprint density at radius 3 is 1.28 bits per heavy atom. The normalized spacial score (nSPS) is 12.9. The van der Waals surface area contributed by atoms with Crippen LogP contribution in [0.15, 0.2) is 315 Å². The van der Waals surface area contributed by atoms with Gasteiger partial charge >= 0.3 is 0 Å². The van der Waals surface area contributed by atoms with Gasteiger partial charge in [-0.15, -0.1) is 0 Å². The van der Waals surface area contributed by atoms with Gasteiger partial charge in [-0.2, -0.15) is 0 Å². The van der Waals surface area contributed by atoms with E-state index in [-0.39, 0.29) is 29.7 Å². The van der Waals surface area contributed by atoms with Gasteiger partial charge in [0.15, 0.2) is 16.1 Å². The minimum Gasteiger partial charge on any atom is -0.309 e. The summed E-state index contributed by atoms with van der Waals surface area (Å²) in [6.07, 6.45) is 0. The van der Waals surface area contributed by atoms with Gasteiger partial charge in [0.2, 0.25) is 0 Å². The van der Waals surface area contributed by atoms with E-state index in [1.165, 1.54) is 26.1 Å². The molecule has 0 aliphatic heterocycles. The average Bonchev–Trinajstić information content (AvgIpc) is 4.08. The van der Waals surface area contributed by atoms with Gasteiger partial charge in [-0.1, -0.05) is 273 Å². The van der Waals surface area contributed by atoms with Crippen LogP contribution in [0.25, 0.3) is 66.1 Å². The molecule has 0 radical (unpaired) electrons. The van der Waals surface area contributed by atoms with E-state index in [4.69, 9.17) is 6.85 Å². The van der Waals surface area contributed by atoms with Gasteiger partial charge in [-0.25, -0.2) is 0 Å². The van der Waals surface area contributed by atoms with Crippen LogP contribution in [0.1, 0.15) is 6.85 Å². The zero-order valence-corrected chi connectivity index (χ0v) is 43.5. The van der Waals surface area contributed by atoms with Crippen LogP contribution in [0.3, 0.4) is 0 Å². The SMILES string of the molecule is [2H]c1c([2H])c([2H])c(-c2cccc([Si](c3ccccc3)(c3ccccc3)c3ccc4c(c3)c3c(ccc5c6ccccc6n(-c6ccccc6)c53)n4-c3cccc([Si](c4ccccc4)(c4ccccc4)c4ccccc4)c3)c2)c([2H])c1[2H]. The summed E-state index contributed by atoms with van der Waals surface area (Å²) in [6, 6.07) is 102. The van der Waals surface area contributed by atoms with Gasteiger partial charge in [-0.05, 0) is 95.1 Å². The molecule has 2 heterocycles. The lowest BCUT2D eigenvalue weighted by atomic mass is 10.1. The molecule has 12 aromatic carbocycles. The Labute approximate surface area is 452 Å². The van der Waals surface area contributed by atoms with E-state index in [0.717, 1.165) is 70.3 Å². The van der Waals surface area contributed by atoms with Crippen molar-refractivity contribution in [3.05, 3.63) is 315 Å². The summed E-state index contributed by atoms with van der Waals surface area (Å²) in [5.74, 6) is 0. The molecule has 76 heavy (non-hydrogen) atoms. The van der Waals surface area contributed by atoms with Crippen molar-refractivity contribution in [3.8, 4) is 22.5 Å². The van der Waals surface area contributed by atoms with Crippen LogP contribution in [0.2, 0.25) is 0 Å². The predicted octanol–water partition coefficient (Wildman–Crippen LogP) is 12.3. The van der Waals surface area contributed by atoms with Gasteiger partial charge in [0, 0.05) is 32.9 Å². The Morgan fingerprint density at radius 2 is 0.697 bits per heavy atom. The van der Waals surface area contributed by atoms with Crippen LogP contribution in [0.5, 0.6) is 0 Å². The van der Waals surface area contributed by atoms with E-state index in [9.17, 15) is 0 Å². The van der Waals surface area contributed by atoms with E-state index in [1.54, 1.807) is 0 Å². The standard InChI is InChI=1S/C72H52N2Si2/c1-8-26-53(27-9-1)54-28-24-42-62(50-54)76(60-38-18-6-19-39-60,61-40-20-7-21-41-61)64-46-48-69-67(52-64)71-70(49-47-66-65-44-22-23-45-68(65)74(72(66)71)55-29-10-2-11-30-55)73(69)56-31-25-43-63(51-56)75(57-32-12-3-13-33-57,58-34-14-4-15-35-58)59-36-16-5-17-37-59/h1-52H/i1D,8D,9D,26D,27D. The molecule has 0 unspecified atom stereocenters. The van der Waals surface area contributed by atoms with Crippen molar-refractivity contribution in [3.63, 3.8) is 0 Å². The molecule has 0 spiro atoms. The molecule has 0 atom stereocenters. The maximum atomic E-state index is 9.13. The minimum atomic E-state index is -3.40. The molecule has 14 aromatic rings. The van der Waals surface area contributed by atoms with Crippen LogP contribution in [0.4, 0.5) is 0 Å². The lowest BCUT2D eigenvalue weighted by molar-refractivity contribution is 1.18. The summed E-state index contributed by atoms with van der Waals surface area (Å²) >= 11 is 0. The highest BCUT2D eigenvalue weighted by Gasteiger charge is 2.43. The predicted molar refractivity (Wildman–Crippen MR) is 328 cm³/mol. The highest BCUT2D eigenvalue weighted by Crippen LogP contribution is 2.42. The van der Waals surface area contributed by atoms with Crippen LogP contribution >= 0.6 is 0 Å². The fourth-order valence-electron chi connectivity index (χ4n) is 12.5. The Hall–Kier alpha value is -9.33. The third-order valence-electron chi connectivity index (χ3n) is 15.7. The molecule has 0 saturated heterocycles. The first-order chi connectivity index (χ1) is 39.8. The fourth-order valence-corrected chi connectivity index (χ4v) is 22.1. The molecule has 0 aliphatic carbocycles. The third kappa shape index (κ3) is 7.14. The summed E-state index contributed by atoms with van der Waals surface area (Å²) in [6.45, 7) is 0. The number of fused-ring (bicyclic) bond motifs is 7. The van der Waals surface area contributed by atoms with E-state index in [2.05, 4.69) is 282 Å². The average molecular weight is 1010 g/mol. The van der Waals surface area contributed by atoms with E-state index >= 15 is 0 Å². The Kier molecular flexibility index (Phi) is 9.96. The highest BCUT2D eigenvalue weighted by molar-refractivity contribution is 7.20. The summed E-state index contributed by atoms with van der Waals surface area (Å²) in [5, 5.41) is 14.2. The number of rotatable bonds is 11. The lowest BCUT2D eigenvalue weighted by Gasteiger charge is -2.35. The number of para-hydroxylation sites is 2. The number of nitrogens with zero attached hydrogens (tertiary/aromatic N) is 2. The Bertz CT molecular complexity index is 4520. The Morgan fingerprint density at radius 1 is 0.263 bits per heavy atom. The number of hydrogen-bond donors (Lipinski definition) is 0. The van der Waals surface area contributed by atoms with Crippen LogP contribution in [-0.4, -0.2) is 25.3 Å². The third-order valence-corrected chi connectivity index (χ3v) is 25.2. The molecule has 0 amide bonds. The maximum absolute atomic E-state index is 9.13. The van der Waals surface area contributed by atoms with Gasteiger partial charge in [-0.3, -0.25) is 0 Å². The highest BCUT2D eigenvalue weighted by atomic mass is 28.3. The molecule has 2 nitrogen and oxygen atoms in total. The molecule has 14 rings (SSSR count). The summed E-state index contributed by atoms with van der Waals surface area (Å²) < 4.78 is 49.0. The van der Waals surface area contributed by atoms with Crippen molar-refractivity contribution >= 4 is 101 Å². The topological polar surface area (TPSA) is 9.86 Å². The number of aromatic nitrogens is 2. The molecule has 0 fully saturated rings. The van der Waals surface area contributed by atoms with Crippen molar-refractivity contribution < 1.29 is 6.85 Å². The maximum Gasteiger partial charge on any atom is 0.179 e. The van der Waals surface area contributed by atoms with Crippen molar-refractivity contribution in [1.82, 2.24) is 9.13 Å². The Balaban J connectivity index is 1.12. The largest absolute Gasteiger partial charge is 0.309 e. The minimum absolute atomic E-state index is 0.183. The molecule has 358 valence electrons. The van der Waals surface area contributed by atoms with Gasteiger partial charge in [0.25, 0.3) is 0 Å². The molecule has 0 saturated carbocycles. The van der Waals surface area contributed by atoms with Crippen LogP contribution in [0, 0.1) is 0 Å². The van der Waals surface area contributed by atoms with E-state index < -0.39 is 22.2 Å². The second kappa shape index (κ2) is 18.9. The van der Waals surface area contributed by atoms with Crippen LogP contribution in [-0.2, 0) is 0 Å². The quantitative estimate of drug-likeness (QED) is 0.0903. The summed E-state index contributed by atoms with van der Waals surface area (Å²) in [4.78, 5) is 0. The molecular formula is C72H52N2Si2. The molecular weight excluding hydrogens is 949 g/mol. The van der Waals surface area contributed by atoms with Crippen molar-refractivity contribution in [2.45, 2.75) is 0 Å².